The third-order valence-electron chi connectivity index (χ3n) is 5.10. The Morgan fingerprint density at radius 1 is 1.45 bits per heavy atom. The van der Waals surface area contributed by atoms with E-state index in [2.05, 4.69) is 13.5 Å². The number of fused-ring (bicyclic) bond motifs is 2. The number of hydrogen-bond donors (Lipinski definition) is 2. The molecule has 3 N–H and O–H groups in total. The number of nitrogens with two attached hydrogens (primary N) is 1. The van der Waals surface area contributed by atoms with Crippen LogP contribution in [0.15, 0.2) is 35.4 Å². The summed E-state index contributed by atoms with van der Waals surface area (Å²) in [6.45, 7) is 7.24. The molecule has 3 heteroatoms. The highest BCUT2D eigenvalue weighted by molar-refractivity contribution is 5.44. The first kappa shape index (κ1) is 15.3. The number of aliphatic hydroxyl groups is 1. The summed E-state index contributed by atoms with van der Waals surface area (Å²) in [5.41, 5.74) is 7.77. The summed E-state index contributed by atoms with van der Waals surface area (Å²) < 4.78 is 13.9. The maximum atomic E-state index is 13.9. The summed E-state index contributed by atoms with van der Waals surface area (Å²) in [6, 6.07) is 0.0245. The molecule has 2 rings (SSSR count). The van der Waals surface area contributed by atoms with Crippen LogP contribution in [0.25, 0.3) is 0 Å². The van der Waals surface area contributed by atoms with Gasteiger partial charge in [-0.25, -0.2) is 4.39 Å². The minimum Gasteiger partial charge on any atom is -0.513 e. The third-order valence-corrected chi connectivity index (χ3v) is 5.10. The molecule has 0 aromatic carbocycles. The zero-order valence-corrected chi connectivity index (χ0v) is 12.6. The average Bonchev–Trinajstić information content (AvgIpc) is 2.36. The van der Waals surface area contributed by atoms with Gasteiger partial charge in [-0.1, -0.05) is 32.8 Å². The number of aliphatic hydroxyl groups excluding tert-OH is 1. The van der Waals surface area contributed by atoms with Crippen LogP contribution < -0.4 is 5.73 Å². The second-order valence-electron chi connectivity index (χ2n) is 6.59. The van der Waals surface area contributed by atoms with E-state index in [1.54, 1.807) is 13.0 Å². The largest absolute Gasteiger partial charge is 0.513 e. The van der Waals surface area contributed by atoms with Crippen molar-refractivity contribution in [2.24, 2.45) is 17.1 Å². The summed E-state index contributed by atoms with van der Waals surface area (Å²) >= 11 is 0. The van der Waals surface area contributed by atoms with Crippen LogP contribution in [-0.4, -0.2) is 11.1 Å². The molecule has 0 spiro atoms. The van der Waals surface area contributed by atoms with Crippen molar-refractivity contribution in [1.82, 2.24) is 0 Å². The first-order chi connectivity index (χ1) is 9.36. The van der Waals surface area contributed by atoms with E-state index in [-0.39, 0.29) is 23.0 Å². The van der Waals surface area contributed by atoms with Gasteiger partial charge in [0.15, 0.2) is 0 Å². The molecule has 0 aliphatic heterocycles. The lowest BCUT2D eigenvalue weighted by Gasteiger charge is -2.47. The summed E-state index contributed by atoms with van der Waals surface area (Å²) in [7, 11) is 0. The van der Waals surface area contributed by atoms with Gasteiger partial charge in [-0.15, -0.1) is 0 Å². The highest BCUT2D eigenvalue weighted by atomic mass is 19.1. The fourth-order valence-corrected chi connectivity index (χ4v) is 3.92. The molecule has 0 heterocycles. The molecule has 1 saturated carbocycles. The molecule has 0 radical (unpaired) electrons. The van der Waals surface area contributed by atoms with E-state index in [1.807, 2.05) is 0 Å². The van der Waals surface area contributed by atoms with E-state index in [0.717, 1.165) is 24.8 Å². The highest BCUT2D eigenvalue weighted by Gasteiger charge is 2.45. The van der Waals surface area contributed by atoms with Crippen LogP contribution in [0.5, 0.6) is 0 Å². The lowest BCUT2D eigenvalue weighted by molar-refractivity contribution is 0.168. The van der Waals surface area contributed by atoms with Gasteiger partial charge in [-0.2, -0.15) is 0 Å². The van der Waals surface area contributed by atoms with Crippen LogP contribution in [0.1, 0.15) is 52.4 Å². The Kier molecular flexibility index (Phi) is 4.38. The second-order valence-corrected chi connectivity index (χ2v) is 6.59. The predicted molar refractivity (Wildman–Crippen MR) is 80.9 cm³/mol. The Hall–Kier alpha value is -1.09. The van der Waals surface area contributed by atoms with Gasteiger partial charge in [0.2, 0.25) is 0 Å². The summed E-state index contributed by atoms with van der Waals surface area (Å²) in [4.78, 5) is 0. The maximum absolute atomic E-state index is 13.9. The molecular weight excluding hydrogens is 253 g/mol. The second kappa shape index (κ2) is 5.72. The zero-order valence-electron chi connectivity index (χ0n) is 12.6. The molecule has 20 heavy (non-hydrogen) atoms. The average molecular weight is 279 g/mol. The molecule has 1 fully saturated rings. The van der Waals surface area contributed by atoms with Crippen LogP contribution in [-0.2, 0) is 0 Å². The molecule has 0 unspecified atom stereocenters. The quantitative estimate of drug-likeness (QED) is 0.729. The minimum absolute atomic E-state index is 0.0245. The molecule has 2 aliphatic carbocycles. The molecule has 2 nitrogen and oxygen atoms in total. The smallest absolute Gasteiger partial charge is 0.119 e. The molecule has 2 bridgehead atoms. The Bertz CT molecular complexity index is 462. The molecule has 112 valence electrons. The first-order valence-corrected chi connectivity index (χ1v) is 7.57. The van der Waals surface area contributed by atoms with Crippen molar-refractivity contribution in [3.63, 3.8) is 0 Å². The van der Waals surface area contributed by atoms with Crippen molar-refractivity contribution < 1.29 is 9.50 Å². The fourth-order valence-electron chi connectivity index (χ4n) is 3.92. The number of rotatable bonds is 2. The van der Waals surface area contributed by atoms with Gasteiger partial charge in [0.1, 0.15) is 5.83 Å². The Balaban J connectivity index is 2.58. The van der Waals surface area contributed by atoms with Crippen LogP contribution in [0, 0.1) is 11.3 Å². The molecule has 0 amide bonds. The number of halogens is 1. The van der Waals surface area contributed by atoms with Crippen molar-refractivity contribution in [2.75, 3.05) is 0 Å². The van der Waals surface area contributed by atoms with Gasteiger partial charge in [-0.05, 0) is 49.3 Å². The van der Waals surface area contributed by atoms with E-state index in [0.29, 0.717) is 17.9 Å². The van der Waals surface area contributed by atoms with E-state index in [9.17, 15) is 9.50 Å². The summed E-state index contributed by atoms with van der Waals surface area (Å²) in [5.74, 6) is 0.146. The van der Waals surface area contributed by atoms with E-state index < -0.39 is 0 Å². The molecule has 2 aliphatic rings. The number of hydrogen-bond acceptors (Lipinski definition) is 2. The van der Waals surface area contributed by atoms with Gasteiger partial charge in [0, 0.05) is 11.5 Å². The van der Waals surface area contributed by atoms with Gasteiger partial charge in [0.05, 0.1) is 5.76 Å². The summed E-state index contributed by atoms with van der Waals surface area (Å²) in [5, 5.41) is 9.66. The lowest BCUT2D eigenvalue weighted by atomic mass is 9.59. The Morgan fingerprint density at radius 2 is 2.15 bits per heavy atom. The molecular formula is C17H26FNO. The molecule has 3 atom stereocenters. The predicted octanol–water partition coefficient (Wildman–Crippen LogP) is 4.55. The molecule has 0 saturated heterocycles. The lowest BCUT2D eigenvalue weighted by Crippen LogP contribution is -2.50. The monoisotopic (exact) mass is 279 g/mol. The molecule has 0 aromatic heterocycles. The van der Waals surface area contributed by atoms with Crippen LogP contribution in [0.2, 0.25) is 0 Å². The molecule has 0 aromatic rings. The fraction of sp³-hybridized carbons (Fsp3) is 0.647. The number of allylic oxidation sites excluding steroid dienone is 4. The van der Waals surface area contributed by atoms with Gasteiger partial charge < -0.3 is 10.8 Å². The van der Waals surface area contributed by atoms with Crippen molar-refractivity contribution in [3.8, 4) is 0 Å². The minimum atomic E-state index is -0.374. The maximum Gasteiger partial charge on any atom is 0.119 e. The van der Waals surface area contributed by atoms with Crippen molar-refractivity contribution >= 4 is 0 Å². The summed E-state index contributed by atoms with van der Waals surface area (Å²) in [6.07, 6.45) is 7.82. The van der Waals surface area contributed by atoms with Crippen molar-refractivity contribution in [1.29, 1.82) is 0 Å². The highest BCUT2D eigenvalue weighted by Crippen LogP contribution is 2.50. The SMILES string of the molecule is C=C(F)C1=C(/C=C(\C)O)[C@]2(C)CCCCC[C@H](C1)[C@H]2N. The van der Waals surface area contributed by atoms with E-state index in [1.165, 1.54) is 12.8 Å². The first-order valence-electron chi connectivity index (χ1n) is 7.57. The Morgan fingerprint density at radius 3 is 2.75 bits per heavy atom. The van der Waals surface area contributed by atoms with Gasteiger partial charge in [0.25, 0.3) is 0 Å². The van der Waals surface area contributed by atoms with Gasteiger partial charge >= 0.3 is 0 Å². The van der Waals surface area contributed by atoms with Crippen molar-refractivity contribution in [2.45, 2.75) is 58.4 Å². The van der Waals surface area contributed by atoms with Crippen LogP contribution in [0.4, 0.5) is 4.39 Å². The van der Waals surface area contributed by atoms with E-state index >= 15 is 0 Å². The van der Waals surface area contributed by atoms with Gasteiger partial charge in [-0.3, -0.25) is 0 Å². The van der Waals surface area contributed by atoms with Crippen molar-refractivity contribution in [3.05, 3.63) is 35.4 Å². The van der Waals surface area contributed by atoms with Crippen LogP contribution in [0.3, 0.4) is 0 Å². The topological polar surface area (TPSA) is 46.2 Å². The normalized spacial score (nSPS) is 35.5. The van der Waals surface area contributed by atoms with Crippen LogP contribution >= 0.6 is 0 Å². The standard InChI is InChI=1S/C17H26FNO/c1-11(20)9-15-14(12(2)18)10-13-7-5-4-6-8-17(15,3)16(13)19/h9,13,16,20H,2,4-8,10,19H2,1,3H3/b11-9+/t13-,16-,17+/m1/s1. The van der Waals surface area contributed by atoms with E-state index in [4.69, 9.17) is 5.73 Å². The Labute approximate surface area is 121 Å². The third kappa shape index (κ3) is 2.69. The zero-order chi connectivity index (χ0) is 14.9.